The van der Waals surface area contributed by atoms with Crippen LogP contribution in [0.15, 0.2) is 47.6 Å². The van der Waals surface area contributed by atoms with Crippen LogP contribution in [0.1, 0.15) is 0 Å². The molecule has 3 rings (SSSR count). The van der Waals surface area contributed by atoms with E-state index in [-0.39, 0.29) is 11.7 Å². The Morgan fingerprint density at radius 1 is 1.27 bits per heavy atom. The highest BCUT2D eigenvalue weighted by molar-refractivity contribution is 7.99. The lowest BCUT2D eigenvalue weighted by Crippen LogP contribution is -2.15. The van der Waals surface area contributed by atoms with E-state index in [0.717, 1.165) is 16.2 Å². The molecular formula is C18H17Cl2N3O2S. The van der Waals surface area contributed by atoms with Gasteiger partial charge in [0.2, 0.25) is 5.91 Å². The van der Waals surface area contributed by atoms with Crippen molar-refractivity contribution in [3.8, 4) is 0 Å². The Hall–Kier alpha value is -1.73. The van der Waals surface area contributed by atoms with Gasteiger partial charge in [0.05, 0.1) is 34.1 Å². The van der Waals surface area contributed by atoms with Crippen LogP contribution in [0.5, 0.6) is 0 Å². The van der Waals surface area contributed by atoms with Gasteiger partial charge in [0.25, 0.3) is 0 Å². The Kier molecular flexibility index (Phi) is 6.43. The number of amides is 1. The zero-order valence-corrected chi connectivity index (χ0v) is 16.4. The van der Waals surface area contributed by atoms with E-state index in [9.17, 15) is 4.79 Å². The molecule has 0 saturated heterocycles. The number of fused-ring (bicyclic) bond motifs is 1. The number of thioether (sulfide) groups is 1. The van der Waals surface area contributed by atoms with Gasteiger partial charge in [-0.1, -0.05) is 47.1 Å². The number of imidazole rings is 1. The highest BCUT2D eigenvalue weighted by Crippen LogP contribution is 2.27. The van der Waals surface area contributed by atoms with Crippen molar-refractivity contribution in [3.63, 3.8) is 0 Å². The van der Waals surface area contributed by atoms with E-state index in [1.54, 1.807) is 25.3 Å². The maximum absolute atomic E-state index is 12.3. The molecule has 136 valence electrons. The third-order valence-corrected chi connectivity index (χ3v) is 5.21. The van der Waals surface area contributed by atoms with Crippen LogP contribution in [-0.4, -0.2) is 34.9 Å². The first-order valence-electron chi connectivity index (χ1n) is 7.90. The lowest BCUT2D eigenvalue weighted by molar-refractivity contribution is -0.113. The predicted octanol–water partition coefficient (Wildman–Crippen LogP) is 4.72. The van der Waals surface area contributed by atoms with Crippen molar-refractivity contribution in [1.82, 2.24) is 9.55 Å². The molecule has 5 nitrogen and oxygen atoms in total. The molecule has 0 fully saturated rings. The van der Waals surface area contributed by atoms with Gasteiger partial charge in [-0.15, -0.1) is 0 Å². The number of nitrogens with zero attached hydrogens (tertiary/aromatic N) is 2. The van der Waals surface area contributed by atoms with Crippen LogP contribution in [0.4, 0.5) is 5.69 Å². The minimum atomic E-state index is -0.176. The fraction of sp³-hybridized carbons (Fsp3) is 0.222. The molecule has 0 radical (unpaired) electrons. The number of halogens is 2. The van der Waals surface area contributed by atoms with Gasteiger partial charge < -0.3 is 14.6 Å². The van der Waals surface area contributed by atoms with Crippen LogP contribution in [0.25, 0.3) is 11.0 Å². The molecule has 0 saturated carbocycles. The SMILES string of the molecule is COCCn1c(SCC(=O)Nc2cc(Cl)ccc2Cl)nc2ccccc21. The van der Waals surface area contributed by atoms with E-state index in [4.69, 9.17) is 27.9 Å². The number of benzene rings is 2. The van der Waals surface area contributed by atoms with Gasteiger partial charge in [0, 0.05) is 18.7 Å². The smallest absolute Gasteiger partial charge is 0.234 e. The van der Waals surface area contributed by atoms with E-state index < -0.39 is 0 Å². The summed E-state index contributed by atoms with van der Waals surface area (Å²) in [5, 5.41) is 4.51. The summed E-state index contributed by atoms with van der Waals surface area (Å²) in [6.07, 6.45) is 0. The molecule has 2 aromatic carbocycles. The zero-order chi connectivity index (χ0) is 18.5. The van der Waals surface area contributed by atoms with Crippen molar-refractivity contribution < 1.29 is 9.53 Å². The number of nitrogens with one attached hydrogen (secondary N) is 1. The van der Waals surface area contributed by atoms with Crippen LogP contribution in [0.2, 0.25) is 10.0 Å². The van der Waals surface area contributed by atoms with E-state index in [1.807, 2.05) is 24.3 Å². The molecular weight excluding hydrogens is 393 g/mol. The van der Waals surface area contributed by atoms with Crippen LogP contribution in [0.3, 0.4) is 0 Å². The van der Waals surface area contributed by atoms with Crippen LogP contribution < -0.4 is 5.32 Å². The van der Waals surface area contributed by atoms with Gasteiger partial charge in [-0.3, -0.25) is 4.79 Å². The number of methoxy groups -OCH3 is 1. The molecule has 1 N–H and O–H groups in total. The maximum atomic E-state index is 12.3. The Morgan fingerprint density at radius 3 is 2.88 bits per heavy atom. The van der Waals surface area contributed by atoms with E-state index in [2.05, 4.69) is 14.9 Å². The number of carbonyl (C=O) groups is 1. The third kappa shape index (κ3) is 4.51. The van der Waals surface area contributed by atoms with Gasteiger partial charge in [-0.05, 0) is 30.3 Å². The standard InChI is InChI=1S/C18H17Cl2N3O2S/c1-25-9-8-23-16-5-3-2-4-14(16)22-18(23)26-11-17(24)21-15-10-12(19)6-7-13(15)20/h2-7,10H,8-9,11H2,1H3,(H,21,24). The fourth-order valence-corrected chi connectivity index (χ4v) is 3.65. The average molecular weight is 410 g/mol. The minimum Gasteiger partial charge on any atom is -0.383 e. The molecule has 0 spiro atoms. The zero-order valence-electron chi connectivity index (χ0n) is 14.0. The first kappa shape index (κ1) is 19.0. The molecule has 0 aliphatic carbocycles. The Labute approximate surface area is 165 Å². The normalized spacial score (nSPS) is 11.0. The van der Waals surface area contributed by atoms with Crippen molar-refractivity contribution >= 4 is 57.6 Å². The molecule has 0 bridgehead atoms. The van der Waals surface area contributed by atoms with Gasteiger partial charge in [-0.2, -0.15) is 0 Å². The third-order valence-electron chi connectivity index (χ3n) is 3.67. The Morgan fingerprint density at radius 2 is 2.08 bits per heavy atom. The first-order valence-corrected chi connectivity index (χ1v) is 9.64. The summed E-state index contributed by atoms with van der Waals surface area (Å²) < 4.78 is 7.24. The maximum Gasteiger partial charge on any atom is 0.234 e. The lowest BCUT2D eigenvalue weighted by Gasteiger charge is -2.09. The molecule has 1 aromatic heterocycles. The summed E-state index contributed by atoms with van der Waals surface area (Å²) in [5.74, 6) is 0.0311. The molecule has 8 heteroatoms. The van der Waals surface area contributed by atoms with E-state index in [1.165, 1.54) is 11.8 Å². The molecule has 0 atom stereocenters. The highest BCUT2D eigenvalue weighted by atomic mass is 35.5. The molecule has 0 aliphatic rings. The number of rotatable bonds is 7. The fourth-order valence-electron chi connectivity index (χ4n) is 2.47. The van der Waals surface area contributed by atoms with Gasteiger partial charge >= 0.3 is 0 Å². The summed E-state index contributed by atoms with van der Waals surface area (Å²) >= 11 is 13.4. The lowest BCUT2D eigenvalue weighted by atomic mass is 10.3. The monoisotopic (exact) mass is 409 g/mol. The van der Waals surface area contributed by atoms with Crippen molar-refractivity contribution in [2.24, 2.45) is 0 Å². The van der Waals surface area contributed by atoms with Gasteiger partial charge in [0.15, 0.2) is 5.16 Å². The second kappa shape index (κ2) is 8.77. The number of hydrogen-bond acceptors (Lipinski definition) is 4. The highest BCUT2D eigenvalue weighted by Gasteiger charge is 2.13. The summed E-state index contributed by atoms with van der Waals surface area (Å²) in [6, 6.07) is 12.8. The quantitative estimate of drug-likeness (QED) is 0.573. The van der Waals surface area contributed by atoms with Crippen LogP contribution >= 0.6 is 35.0 Å². The molecule has 0 aliphatic heterocycles. The van der Waals surface area contributed by atoms with Crippen molar-refractivity contribution in [3.05, 3.63) is 52.5 Å². The summed E-state index contributed by atoms with van der Waals surface area (Å²) in [4.78, 5) is 16.9. The topological polar surface area (TPSA) is 56.1 Å². The Bertz CT molecular complexity index is 930. The van der Waals surface area contributed by atoms with Crippen molar-refractivity contribution in [2.45, 2.75) is 11.7 Å². The molecule has 0 unspecified atom stereocenters. The second-order valence-corrected chi connectivity index (χ2v) is 7.27. The predicted molar refractivity (Wildman–Crippen MR) is 107 cm³/mol. The molecule has 26 heavy (non-hydrogen) atoms. The van der Waals surface area contributed by atoms with Crippen molar-refractivity contribution in [2.75, 3.05) is 24.8 Å². The molecule has 1 amide bonds. The number of anilines is 1. The largest absolute Gasteiger partial charge is 0.383 e. The minimum absolute atomic E-state index is 0.176. The number of aromatic nitrogens is 2. The number of para-hydroxylation sites is 2. The molecule has 3 aromatic rings. The van der Waals surface area contributed by atoms with E-state index in [0.29, 0.717) is 28.9 Å². The summed E-state index contributed by atoms with van der Waals surface area (Å²) in [7, 11) is 1.66. The summed E-state index contributed by atoms with van der Waals surface area (Å²) in [5.41, 5.74) is 2.41. The number of ether oxygens (including phenoxy) is 1. The second-order valence-electron chi connectivity index (χ2n) is 5.49. The van der Waals surface area contributed by atoms with Crippen LogP contribution in [-0.2, 0) is 16.1 Å². The number of carbonyl (C=O) groups excluding carboxylic acids is 1. The average Bonchev–Trinajstić information content (AvgIpc) is 2.99. The van der Waals surface area contributed by atoms with Crippen LogP contribution in [0, 0.1) is 0 Å². The van der Waals surface area contributed by atoms with Gasteiger partial charge in [-0.25, -0.2) is 4.98 Å². The van der Waals surface area contributed by atoms with Crippen molar-refractivity contribution in [1.29, 1.82) is 0 Å². The summed E-state index contributed by atoms with van der Waals surface area (Å²) in [6.45, 7) is 1.24. The number of hydrogen-bond donors (Lipinski definition) is 1. The van der Waals surface area contributed by atoms with E-state index >= 15 is 0 Å². The first-order chi connectivity index (χ1) is 12.6. The van der Waals surface area contributed by atoms with Gasteiger partial charge in [0.1, 0.15) is 0 Å². The molecule has 1 heterocycles. The Balaban J connectivity index is 1.72.